The molecule has 1 aromatic carbocycles. The number of carboxylic acids is 1. The van der Waals surface area contributed by atoms with E-state index in [1.54, 1.807) is 0 Å². The Kier molecular flexibility index (Phi) is 6.06. The van der Waals surface area contributed by atoms with Crippen LogP contribution in [0.5, 0.6) is 0 Å². The first-order valence-corrected chi connectivity index (χ1v) is 10.1. The van der Waals surface area contributed by atoms with Gasteiger partial charge < -0.3 is 15.3 Å². The van der Waals surface area contributed by atoms with Crippen molar-refractivity contribution in [1.29, 1.82) is 0 Å². The van der Waals surface area contributed by atoms with E-state index in [1.807, 2.05) is 41.2 Å². The minimum Gasteiger partial charge on any atom is -0.478 e. The first kappa shape index (κ1) is 20.1. The Bertz CT molecular complexity index is 996. The molecule has 1 fully saturated rings. The number of anilines is 2. The maximum absolute atomic E-state index is 11.6. The summed E-state index contributed by atoms with van der Waals surface area (Å²) in [5, 5.41) is 17.4. The molecule has 0 spiro atoms. The fourth-order valence-corrected chi connectivity index (χ4v) is 3.58. The van der Waals surface area contributed by atoms with Crippen LogP contribution in [0, 0.1) is 0 Å². The van der Waals surface area contributed by atoms with Crippen LogP contribution in [-0.2, 0) is 6.54 Å². The molecule has 0 saturated carbocycles. The molecule has 0 atom stereocenters. The van der Waals surface area contributed by atoms with Crippen LogP contribution < -0.4 is 5.32 Å². The number of hydrogen-bond acceptors (Lipinski definition) is 6. The third-order valence-corrected chi connectivity index (χ3v) is 5.39. The van der Waals surface area contributed by atoms with E-state index in [9.17, 15) is 9.90 Å². The van der Waals surface area contributed by atoms with Gasteiger partial charge in [0.25, 0.3) is 0 Å². The van der Waals surface area contributed by atoms with Crippen LogP contribution in [0.25, 0.3) is 11.1 Å². The topological polar surface area (TPSA) is 86.5 Å². The molecule has 2 N–H and O–H groups in total. The lowest BCUT2D eigenvalue weighted by atomic mass is 10.1. The Morgan fingerprint density at radius 3 is 2.60 bits per heavy atom. The highest BCUT2D eigenvalue weighted by Gasteiger charge is 2.17. The molecule has 0 bridgehead atoms. The number of carbonyl (C=O) groups is 1. The van der Waals surface area contributed by atoms with Crippen molar-refractivity contribution in [3.05, 3.63) is 60.6 Å². The number of benzene rings is 1. The SMILES string of the molecule is CN1CCN(CCn2cc(-c3ccccc3)c(Nc3cnccc3C(=O)O)n2)CC1. The molecule has 1 aliphatic heterocycles. The summed E-state index contributed by atoms with van der Waals surface area (Å²) in [6, 6.07) is 11.5. The Labute approximate surface area is 175 Å². The minimum atomic E-state index is -1.00. The van der Waals surface area contributed by atoms with Crippen molar-refractivity contribution in [2.45, 2.75) is 6.54 Å². The number of piperazine rings is 1. The first-order chi connectivity index (χ1) is 14.6. The summed E-state index contributed by atoms with van der Waals surface area (Å²) < 4.78 is 1.93. The third-order valence-electron chi connectivity index (χ3n) is 5.39. The van der Waals surface area contributed by atoms with Gasteiger partial charge in [-0.1, -0.05) is 30.3 Å². The number of pyridine rings is 1. The summed E-state index contributed by atoms with van der Waals surface area (Å²) >= 11 is 0. The lowest BCUT2D eigenvalue weighted by molar-refractivity contribution is 0.0698. The van der Waals surface area contributed by atoms with Crippen LogP contribution in [0.2, 0.25) is 0 Å². The minimum absolute atomic E-state index is 0.163. The molecule has 3 heterocycles. The summed E-state index contributed by atoms with van der Waals surface area (Å²) in [4.78, 5) is 20.4. The average Bonchev–Trinajstić information content (AvgIpc) is 3.17. The molecule has 4 rings (SSSR count). The highest BCUT2D eigenvalue weighted by atomic mass is 16.4. The van der Waals surface area contributed by atoms with E-state index in [0.29, 0.717) is 11.5 Å². The van der Waals surface area contributed by atoms with Gasteiger partial charge in [0.15, 0.2) is 5.82 Å². The number of carboxylic acid groups (broad SMARTS) is 1. The molecular formula is C22H26N6O2. The zero-order valence-corrected chi connectivity index (χ0v) is 17.0. The van der Waals surface area contributed by atoms with E-state index < -0.39 is 5.97 Å². The molecular weight excluding hydrogens is 380 g/mol. The molecule has 2 aromatic heterocycles. The predicted molar refractivity (Wildman–Crippen MR) is 116 cm³/mol. The smallest absolute Gasteiger partial charge is 0.337 e. The number of rotatable bonds is 7. The second-order valence-corrected chi connectivity index (χ2v) is 7.52. The van der Waals surface area contributed by atoms with Crippen molar-refractivity contribution in [3.63, 3.8) is 0 Å². The maximum atomic E-state index is 11.6. The number of aromatic carboxylic acids is 1. The number of nitrogens with zero attached hydrogens (tertiary/aromatic N) is 5. The molecule has 3 aromatic rings. The van der Waals surface area contributed by atoms with Gasteiger partial charge in [-0.05, 0) is 18.7 Å². The lowest BCUT2D eigenvalue weighted by Crippen LogP contribution is -2.45. The number of aromatic nitrogens is 3. The van der Waals surface area contributed by atoms with Gasteiger partial charge in [-0.15, -0.1) is 0 Å². The highest BCUT2D eigenvalue weighted by Crippen LogP contribution is 2.30. The quantitative estimate of drug-likeness (QED) is 0.624. The van der Waals surface area contributed by atoms with E-state index in [1.165, 1.54) is 18.5 Å². The van der Waals surface area contributed by atoms with Gasteiger partial charge in [-0.2, -0.15) is 5.10 Å². The van der Waals surface area contributed by atoms with Gasteiger partial charge >= 0.3 is 5.97 Å². The fraction of sp³-hybridized carbons (Fsp3) is 0.318. The predicted octanol–water partition coefficient (Wildman–Crippen LogP) is 2.63. The molecule has 8 nitrogen and oxygen atoms in total. The zero-order chi connectivity index (χ0) is 20.9. The van der Waals surface area contributed by atoms with Crippen molar-refractivity contribution in [2.24, 2.45) is 0 Å². The van der Waals surface area contributed by atoms with Gasteiger partial charge in [-0.3, -0.25) is 14.6 Å². The first-order valence-electron chi connectivity index (χ1n) is 10.1. The molecule has 1 saturated heterocycles. The molecule has 30 heavy (non-hydrogen) atoms. The molecule has 156 valence electrons. The van der Waals surface area contributed by atoms with Gasteiger partial charge in [0.05, 0.1) is 24.0 Å². The lowest BCUT2D eigenvalue weighted by Gasteiger charge is -2.32. The second-order valence-electron chi connectivity index (χ2n) is 7.52. The summed E-state index contributed by atoms with van der Waals surface area (Å²) in [7, 11) is 2.15. The van der Waals surface area contributed by atoms with Crippen molar-refractivity contribution in [2.75, 3.05) is 45.1 Å². The number of nitrogens with one attached hydrogen (secondary N) is 1. The van der Waals surface area contributed by atoms with Crippen molar-refractivity contribution in [1.82, 2.24) is 24.6 Å². The Balaban J connectivity index is 1.58. The summed E-state index contributed by atoms with van der Waals surface area (Å²) in [5.41, 5.74) is 2.53. The largest absolute Gasteiger partial charge is 0.478 e. The second kappa shape index (κ2) is 9.06. The van der Waals surface area contributed by atoms with Crippen molar-refractivity contribution >= 4 is 17.5 Å². The highest BCUT2D eigenvalue weighted by molar-refractivity contribution is 5.95. The Morgan fingerprint density at radius 2 is 1.87 bits per heavy atom. The Hall–Kier alpha value is -3.23. The number of hydrogen-bond donors (Lipinski definition) is 2. The van der Waals surface area contributed by atoms with Crippen molar-refractivity contribution in [3.8, 4) is 11.1 Å². The Morgan fingerprint density at radius 1 is 1.10 bits per heavy atom. The summed E-state index contributed by atoms with van der Waals surface area (Å²) in [5.74, 6) is -0.384. The van der Waals surface area contributed by atoms with Gasteiger partial charge in [-0.25, -0.2) is 4.79 Å². The van der Waals surface area contributed by atoms with Crippen molar-refractivity contribution < 1.29 is 9.90 Å². The van der Waals surface area contributed by atoms with Gasteiger partial charge in [0, 0.05) is 50.7 Å². The van der Waals surface area contributed by atoms with E-state index in [4.69, 9.17) is 5.10 Å². The molecule has 8 heteroatoms. The monoisotopic (exact) mass is 406 g/mol. The fourth-order valence-electron chi connectivity index (χ4n) is 3.58. The van der Waals surface area contributed by atoms with Crippen LogP contribution in [0.15, 0.2) is 55.0 Å². The van der Waals surface area contributed by atoms with E-state index in [0.717, 1.165) is 50.4 Å². The van der Waals surface area contributed by atoms with Crippen LogP contribution in [0.4, 0.5) is 11.5 Å². The normalized spacial score (nSPS) is 15.2. The summed E-state index contributed by atoms with van der Waals surface area (Å²) in [6.07, 6.45) is 5.01. The van der Waals surface area contributed by atoms with Gasteiger partial charge in [0.2, 0.25) is 0 Å². The molecule has 1 aliphatic rings. The van der Waals surface area contributed by atoms with Crippen LogP contribution in [0.3, 0.4) is 0 Å². The maximum Gasteiger partial charge on any atom is 0.337 e. The number of likely N-dealkylation sites (N-methyl/N-ethyl adjacent to an activating group) is 1. The molecule has 0 unspecified atom stereocenters. The van der Waals surface area contributed by atoms with E-state index in [2.05, 4.69) is 27.1 Å². The van der Waals surface area contributed by atoms with E-state index in [-0.39, 0.29) is 5.56 Å². The third kappa shape index (κ3) is 4.67. The van der Waals surface area contributed by atoms with Gasteiger partial charge in [0.1, 0.15) is 0 Å². The summed E-state index contributed by atoms with van der Waals surface area (Å²) in [6.45, 7) is 5.99. The molecule has 0 amide bonds. The van der Waals surface area contributed by atoms with Crippen LogP contribution in [-0.4, -0.2) is 75.4 Å². The molecule has 0 aliphatic carbocycles. The van der Waals surface area contributed by atoms with E-state index >= 15 is 0 Å². The standard InChI is InChI=1S/C22H26N6O2/c1-26-9-11-27(12-10-26)13-14-28-16-19(17-5-3-2-4-6-17)21(25-28)24-20-15-23-8-7-18(20)22(29)30/h2-8,15-16H,9-14H2,1H3,(H,24,25)(H,29,30). The average molecular weight is 406 g/mol. The van der Waals surface area contributed by atoms with Crippen LogP contribution in [0.1, 0.15) is 10.4 Å². The van der Waals surface area contributed by atoms with Crippen LogP contribution >= 0.6 is 0 Å². The molecule has 0 radical (unpaired) electrons. The zero-order valence-electron chi connectivity index (χ0n) is 17.0.